The fraction of sp³-hybridized carbons (Fsp3) is 0.615. The minimum absolute atomic E-state index is 0.116. The van der Waals surface area contributed by atoms with Gasteiger partial charge in [-0.3, -0.25) is 4.98 Å². The average molecular weight is 294 g/mol. The largest absolute Gasteiger partial charge is 0.416 e. The first kappa shape index (κ1) is 15.2. The van der Waals surface area contributed by atoms with Crippen LogP contribution < -0.4 is 5.73 Å². The van der Waals surface area contributed by atoms with Crippen LogP contribution in [0.2, 0.25) is 0 Å². The zero-order chi connectivity index (χ0) is 15.0. The monoisotopic (exact) mass is 294 g/mol. The predicted molar refractivity (Wildman–Crippen MR) is 63.1 cm³/mol. The second kappa shape index (κ2) is 5.27. The molecule has 1 aliphatic rings. The average Bonchev–Trinajstić information content (AvgIpc) is 2.37. The number of alkyl halides is 5. The molecule has 7 heteroatoms. The third-order valence-corrected chi connectivity index (χ3v) is 3.79. The Labute approximate surface area is 113 Å². The van der Waals surface area contributed by atoms with Crippen LogP contribution in [0, 0.1) is 5.92 Å². The van der Waals surface area contributed by atoms with Crippen molar-refractivity contribution < 1.29 is 22.0 Å². The molecule has 1 aromatic heterocycles. The fourth-order valence-corrected chi connectivity index (χ4v) is 2.61. The molecule has 112 valence electrons. The standard InChI is InChI=1S/C13H15F5N2/c14-12(15)4-1-8(2-5-12)11(19)9-7-20-6-3-10(9)13(16,17)18/h3,6-8,11H,1-2,4-5,19H2. The molecule has 20 heavy (non-hydrogen) atoms. The van der Waals surface area contributed by atoms with E-state index < -0.39 is 23.7 Å². The van der Waals surface area contributed by atoms with Crippen LogP contribution >= 0.6 is 0 Å². The third kappa shape index (κ3) is 3.26. The Morgan fingerprint density at radius 3 is 2.40 bits per heavy atom. The van der Waals surface area contributed by atoms with Crippen LogP contribution in [0.1, 0.15) is 42.9 Å². The second-order valence-corrected chi connectivity index (χ2v) is 5.18. The Balaban J connectivity index is 2.20. The van der Waals surface area contributed by atoms with E-state index in [0.717, 1.165) is 18.5 Å². The lowest BCUT2D eigenvalue weighted by molar-refractivity contribution is -0.138. The SMILES string of the molecule is NC(c1cnccc1C(F)(F)F)C1CCC(F)(F)CC1. The van der Waals surface area contributed by atoms with Gasteiger partial charge in [0.15, 0.2) is 0 Å². The van der Waals surface area contributed by atoms with Crippen LogP contribution in [0.15, 0.2) is 18.5 Å². The summed E-state index contributed by atoms with van der Waals surface area (Å²) >= 11 is 0. The van der Waals surface area contributed by atoms with Gasteiger partial charge in [-0.1, -0.05) is 0 Å². The molecule has 0 aromatic carbocycles. The molecule has 0 spiro atoms. The number of nitrogens with zero attached hydrogens (tertiary/aromatic N) is 1. The highest BCUT2D eigenvalue weighted by molar-refractivity contribution is 5.29. The van der Waals surface area contributed by atoms with Gasteiger partial charge in [0.25, 0.3) is 0 Å². The van der Waals surface area contributed by atoms with E-state index in [4.69, 9.17) is 5.73 Å². The van der Waals surface area contributed by atoms with Gasteiger partial charge >= 0.3 is 6.18 Å². The molecule has 1 aromatic rings. The first-order valence-corrected chi connectivity index (χ1v) is 6.35. The highest BCUT2D eigenvalue weighted by atomic mass is 19.4. The van der Waals surface area contributed by atoms with Gasteiger partial charge in [-0.25, -0.2) is 8.78 Å². The van der Waals surface area contributed by atoms with E-state index in [-0.39, 0.29) is 37.2 Å². The molecule has 1 atom stereocenters. The molecule has 2 N–H and O–H groups in total. The van der Waals surface area contributed by atoms with Gasteiger partial charge in [0.2, 0.25) is 5.92 Å². The van der Waals surface area contributed by atoms with Crippen molar-refractivity contribution in [3.8, 4) is 0 Å². The number of aromatic nitrogens is 1. The van der Waals surface area contributed by atoms with Crippen molar-refractivity contribution in [2.75, 3.05) is 0 Å². The molecule has 1 aliphatic carbocycles. The minimum atomic E-state index is -4.52. The maximum Gasteiger partial charge on any atom is 0.416 e. The van der Waals surface area contributed by atoms with E-state index in [1.54, 1.807) is 0 Å². The lowest BCUT2D eigenvalue weighted by Gasteiger charge is -2.32. The summed E-state index contributed by atoms with van der Waals surface area (Å²) in [5.41, 5.74) is 4.92. The molecule has 1 fully saturated rings. The number of rotatable bonds is 2. The zero-order valence-electron chi connectivity index (χ0n) is 10.6. The van der Waals surface area contributed by atoms with Crippen LogP contribution in [-0.4, -0.2) is 10.9 Å². The summed E-state index contributed by atoms with van der Waals surface area (Å²) in [5.74, 6) is -3.10. The third-order valence-electron chi connectivity index (χ3n) is 3.79. The Morgan fingerprint density at radius 2 is 1.85 bits per heavy atom. The molecular weight excluding hydrogens is 279 g/mol. The van der Waals surface area contributed by atoms with Gasteiger partial charge in [0.05, 0.1) is 5.56 Å². The van der Waals surface area contributed by atoms with Crippen molar-refractivity contribution in [2.45, 2.75) is 43.8 Å². The van der Waals surface area contributed by atoms with Crippen LogP contribution in [0.4, 0.5) is 22.0 Å². The van der Waals surface area contributed by atoms with E-state index in [9.17, 15) is 22.0 Å². The molecule has 0 bridgehead atoms. The van der Waals surface area contributed by atoms with Crippen molar-refractivity contribution in [1.82, 2.24) is 4.98 Å². The summed E-state index contributed by atoms with van der Waals surface area (Å²) in [7, 11) is 0. The van der Waals surface area contributed by atoms with E-state index >= 15 is 0 Å². The van der Waals surface area contributed by atoms with Crippen molar-refractivity contribution in [3.05, 3.63) is 29.6 Å². The van der Waals surface area contributed by atoms with Gasteiger partial charge < -0.3 is 5.73 Å². The van der Waals surface area contributed by atoms with Crippen LogP contribution in [0.25, 0.3) is 0 Å². The summed E-state index contributed by atoms with van der Waals surface area (Å²) in [4.78, 5) is 3.68. The molecular formula is C13H15F5N2. The summed E-state index contributed by atoms with van der Waals surface area (Å²) in [6.07, 6.45) is -2.79. The van der Waals surface area contributed by atoms with Crippen LogP contribution in [-0.2, 0) is 6.18 Å². The van der Waals surface area contributed by atoms with Gasteiger partial charge in [-0.15, -0.1) is 0 Å². The molecule has 0 saturated heterocycles. The lowest BCUT2D eigenvalue weighted by atomic mass is 9.79. The Bertz CT molecular complexity index is 462. The van der Waals surface area contributed by atoms with Crippen molar-refractivity contribution in [3.63, 3.8) is 0 Å². The van der Waals surface area contributed by atoms with Gasteiger partial charge in [-0.05, 0) is 30.4 Å². The first-order valence-electron chi connectivity index (χ1n) is 6.35. The number of nitrogens with two attached hydrogens (primary N) is 1. The summed E-state index contributed by atoms with van der Waals surface area (Å²) in [6.45, 7) is 0. The van der Waals surface area contributed by atoms with E-state index in [1.807, 2.05) is 0 Å². The number of hydrogen-bond acceptors (Lipinski definition) is 2. The summed E-state index contributed by atoms with van der Waals surface area (Å²) < 4.78 is 64.8. The van der Waals surface area contributed by atoms with Crippen molar-refractivity contribution >= 4 is 0 Å². The predicted octanol–water partition coefficient (Wildman–Crippen LogP) is 3.93. The summed E-state index contributed by atoms with van der Waals surface area (Å²) in [5, 5.41) is 0. The van der Waals surface area contributed by atoms with E-state index in [1.165, 1.54) is 0 Å². The number of pyridine rings is 1. The van der Waals surface area contributed by atoms with Crippen LogP contribution in [0.5, 0.6) is 0 Å². The molecule has 0 radical (unpaired) electrons. The molecule has 2 nitrogen and oxygen atoms in total. The number of halogens is 5. The maximum atomic E-state index is 13.1. The van der Waals surface area contributed by atoms with Gasteiger partial charge in [0, 0.05) is 31.3 Å². The molecule has 2 rings (SSSR count). The minimum Gasteiger partial charge on any atom is -0.324 e. The zero-order valence-corrected chi connectivity index (χ0v) is 10.6. The maximum absolute atomic E-state index is 13.1. The quantitative estimate of drug-likeness (QED) is 0.839. The Hall–Kier alpha value is -1.24. The van der Waals surface area contributed by atoms with E-state index in [0.29, 0.717) is 0 Å². The molecule has 1 unspecified atom stereocenters. The second-order valence-electron chi connectivity index (χ2n) is 5.18. The van der Waals surface area contributed by atoms with Crippen molar-refractivity contribution in [2.24, 2.45) is 11.7 Å². The molecule has 0 aliphatic heterocycles. The fourth-order valence-electron chi connectivity index (χ4n) is 2.61. The molecule has 0 amide bonds. The Kier molecular flexibility index (Phi) is 4.00. The van der Waals surface area contributed by atoms with Crippen molar-refractivity contribution in [1.29, 1.82) is 0 Å². The highest BCUT2D eigenvalue weighted by Crippen LogP contribution is 2.42. The molecule has 1 heterocycles. The van der Waals surface area contributed by atoms with Gasteiger partial charge in [0.1, 0.15) is 0 Å². The summed E-state index contributed by atoms with van der Waals surface area (Å²) in [6, 6.07) is -0.0523. The lowest BCUT2D eigenvalue weighted by Crippen LogP contribution is -2.32. The van der Waals surface area contributed by atoms with E-state index in [2.05, 4.69) is 4.98 Å². The topological polar surface area (TPSA) is 38.9 Å². The number of hydrogen-bond donors (Lipinski definition) is 1. The van der Waals surface area contributed by atoms with Crippen LogP contribution in [0.3, 0.4) is 0 Å². The van der Waals surface area contributed by atoms with Gasteiger partial charge in [-0.2, -0.15) is 13.2 Å². The first-order chi connectivity index (χ1) is 9.21. The highest BCUT2D eigenvalue weighted by Gasteiger charge is 2.40. The Morgan fingerprint density at radius 1 is 1.25 bits per heavy atom. The normalized spacial score (nSPS) is 21.7. The smallest absolute Gasteiger partial charge is 0.324 e. The molecule has 1 saturated carbocycles.